The van der Waals surface area contributed by atoms with Crippen molar-refractivity contribution in [1.82, 2.24) is 9.88 Å². The second-order valence-electron chi connectivity index (χ2n) is 6.72. The van der Waals surface area contributed by atoms with E-state index in [9.17, 15) is 10.1 Å². The molecule has 0 spiro atoms. The van der Waals surface area contributed by atoms with E-state index >= 15 is 4.39 Å². The third kappa shape index (κ3) is 2.85. The fourth-order valence-electron chi connectivity index (χ4n) is 3.63. The van der Waals surface area contributed by atoms with Gasteiger partial charge in [0.2, 0.25) is 0 Å². The number of hydrogen-bond acceptors (Lipinski definition) is 4. The van der Waals surface area contributed by atoms with E-state index in [2.05, 4.69) is 11.1 Å². The van der Waals surface area contributed by atoms with Gasteiger partial charge < -0.3 is 9.32 Å². The molecule has 1 aliphatic heterocycles. The van der Waals surface area contributed by atoms with E-state index in [4.69, 9.17) is 4.42 Å². The smallest absolute Gasteiger partial charge is 0.309 e. The Morgan fingerprint density at radius 1 is 1.22 bits per heavy atom. The Labute approximate surface area is 156 Å². The molecule has 1 saturated heterocycles. The molecule has 0 radical (unpaired) electrons. The minimum absolute atomic E-state index is 0.104. The van der Waals surface area contributed by atoms with Crippen LogP contribution in [0.25, 0.3) is 22.2 Å². The van der Waals surface area contributed by atoms with Crippen molar-refractivity contribution >= 4 is 17.0 Å². The zero-order valence-corrected chi connectivity index (χ0v) is 15.0. The first-order valence-electron chi connectivity index (χ1n) is 8.99. The monoisotopic (exact) mass is 363 g/mol. The van der Waals surface area contributed by atoms with Crippen LogP contribution in [0.2, 0.25) is 0 Å². The minimum atomic E-state index is -0.599. The average molecular weight is 363 g/mol. The number of benzene rings is 2. The number of carbonyl (C=O) groups is 1. The molecule has 1 aromatic heterocycles. The van der Waals surface area contributed by atoms with Gasteiger partial charge in [-0.2, -0.15) is 5.26 Å². The van der Waals surface area contributed by atoms with Crippen molar-refractivity contribution in [3.8, 4) is 17.2 Å². The van der Waals surface area contributed by atoms with Crippen LogP contribution in [0.4, 0.5) is 4.39 Å². The quantitative estimate of drug-likeness (QED) is 0.675. The molecule has 3 aromatic rings. The van der Waals surface area contributed by atoms with Gasteiger partial charge in [-0.1, -0.05) is 30.3 Å². The number of nitriles is 1. The number of likely N-dealkylation sites (tertiary alicyclic amines) is 1. The molecule has 2 heterocycles. The molecule has 0 atom stereocenters. The molecular weight excluding hydrogens is 345 g/mol. The number of carbonyl (C=O) groups excluding carboxylic acids is 1. The molecule has 4 rings (SSSR count). The van der Waals surface area contributed by atoms with Gasteiger partial charge in [0.15, 0.2) is 11.4 Å². The maximum absolute atomic E-state index is 15.3. The largest absolute Gasteiger partial charge is 0.429 e. The van der Waals surface area contributed by atoms with Crippen molar-refractivity contribution in [3.63, 3.8) is 0 Å². The number of halogens is 1. The highest BCUT2D eigenvalue weighted by Crippen LogP contribution is 2.36. The van der Waals surface area contributed by atoms with Crippen LogP contribution >= 0.6 is 0 Å². The van der Waals surface area contributed by atoms with Gasteiger partial charge in [0.1, 0.15) is 11.6 Å². The summed E-state index contributed by atoms with van der Waals surface area (Å²) in [6.45, 7) is 2.96. The van der Waals surface area contributed by atoms with Gasteiger partial charge in [0.25, 0.3) is 5.89 Å². The Balaban J connectivity index is 1.89. The summed E-state index contributed by atoms with van der Waals surface area (Å²) < 4.78 is 20.8. The molecular formula is C21H18FN3O2. The lowest BCUT2D eigenvalue weighted by atomic mass is 9.95. The van der Waals surface area contributed by atoms with Crippen molar-refractivity contribution < 1.29 is 13.6 Å². The maximum atomic E-state index is 15.3. The summed E-state index contributed by atoms with van der Waals surface area (Å²) >= 11 is 0. The highest BCUT2D eigenvalue weighted by Gasteiger charge is 2.28. The standard InChI is InChI=1S/C21H18FN3O2/c1-13-15(12-23)18-19(17(22)16(13)14-8-4-2-5-9-14)27-20(24-18)21(26)25-10-6-3-7-11-25/h2,4-5,8-9H,3,6-7,10-11H2,1H3. The van der Waals surface area contributed by atoms with E-state index in [1.807, 2.05) is 6.07 Å². The lowest BCUT2D eigenvalue weighted by Gasteiger charge is -2.25. The molecule has 0 unspecified atom stereocenters. The van der Waals surface area contributed by atoms with Crippen molar-refractivity contribution in [1.29, 1.82) is 5.26 Å². The third-order valence-corrected chi connectivity index (χ3v) is 5.03. The first-order chi connectivity index (χ1) is 13.1. The van der Waals surface area contributed by atoms with Gasteiger partial charge in [-0.25, -0.2) is 9.37 Å². The summed E-state index contributed by atoms with van der Waals surface area (Å²) in [7, 11) is 0. The number of nitrogens with zero attached hydrogens (tertiary/aromatic N) is 3. The molecule has 0 N–H and O–H groups in total. The van der Waals surface area contributed by atoms with E-state index in [-0.39, 0.29) is 28.5 Å². The van der Waals surface area contributed by atoms with Crippen LogP contribution in [0.5, 0.6) is 0 Å². The topological polar surface area (TPSA) is 70.1 Å². The summed E-state index contributed by atoms with van der Waals surface area (Å²) in [6, 6.07) is 11.1. The Morgan fingerprint density at radius 2 is 1.93 bits per heavy atom. The predicted molar refractivity (Wildman–Crippen MR) is 98.6 cm³/mol. The number of amides is 1. The lowest BCUT2D eigenvalue weighted by molar-refractivity contribution is 0.0686. The average Bonchev–Trinajstić information content (AvgIpc) is 3.15. The molecule has 5 nitrogen and oxygen atoms in total. The van der Waals surface area contributed by atoms with Crippen LogP contribution in [0.1, 0.15) is 41.1 Å². The molecule has 1 amide bonds. The third-order valence-electron chi connectivity index (χ3n) is 5.03. The zero-order chi connectivity index (χ0) is 19.0. The zero-order valence-electron chi connectivity index (χ0n) is 15.0. The van der Waals surface area contributed by atoms with Gasteiger partial charge in [-0.05, 0) is 37.3 Å². The molecule has 0 saturated carbocycles. The van der Waals surface area contributed by atoms with Crippen LogP contribution in [0.3, 0.4) is 0 Å². The van der Waals surface area contributed by atoms with Crippen molar-refractivity contribution in [2.24, 2.45) is 0 Å². The van der Waals surface area contributed by atoms with Crippen LogP contribution in [-0.2, 0) is 0 Å². The fourth-order valence-corrected chi connectivity index (χ4v) is 3.63. The van der Waals surface area contributed by atoms with Crippen LogP contribution < -0.4 is 0 Å². The summed E-state index contributed by atoms with van der Waals surface area (Å²) in [6.07, 6.45) is 2.95. The van der Waals surface area contributed by atoms with Crippen molar-refractivity contribution in [3.05, 3.63) is 53.2 Å². The van der Waals surface area contributed by atoms with E-state index < -0.39 is 5.82 Å². The first kappa shape index (κ1) is 17.2. The number of fused-ring (bicyclic) bond motifs is 1. The summed E-state index contributed by atoms with van der Waals surface area (Å²) in [5.41, 5.74) is 1.62. The molecule has 27 heavy (non-hydrogen) atoms. The van der Waals surface area contributed by atoms with Gasteiger partial charge in [-0.3, -0.25) is 4.79 Å². The molecule has 1 aliphatic rings. The van der Waals surface area contributed by atoms with E-state index in [1.54, 1.807) is 36.1 Å². The van der Waals surface area contributed by atoms with E-state index in [0.29, 0.717) is 29.8 Å². The SMILES string of the molecule is Cc1c(-c2ccccc2)c(F)c2oc(C(=O)N3CCCCC3)nc2c1C#N. The number of hydrogen-bond donors (Lipinski definition) is 0. The van der Waals surface area contributed by atoms with Crippen LogP contribution in [0, 0.1) is 24.1 Å². The molecule has 0 bridgehead atoms. The highest BCUT2D eigenvalue weighted by atomic mass is 19.1. The Hall–Kier alpha value is -3.20. The molecule has 6 heteroatoms. The Bertz CT molecular complexity index is 1060. The number of rotatable bonds is 2. The summed E-state index contributed by atoms with van der Waals surface area (Å²) in [4.78, 5) is 18.5. The second-order valence-corrected chi connectivity index (χ2v) is 6.72. The Kier molecular flexibility index (Phi) is 4.36. The molecule has 2 aromatic carbocycles. The summed E-state index contributed by atoms with van der Waals surface area (Å²) in [5, 5.41) is 9.63. The van der Waals surface area contributed by atoms with Crippen LogP contribution in [-0.4, -0.2) is 28.9 Å². The molecule has 1 fully saturated rings. The first-order valence-corrected chi connectivity index (χ1v) is 8.99. The fraction of sp³-hybridized carbons (Fsp3) is 0.286. The second kappa shape index (κ2) is 6.84. The highest BCUT2D eigenvalue weighted by molar-refractivity contribution is 5.95. The van der Waals surface area contributed by atoms with Gasteiger partial charge in [0.05, 0.1) is 5.56 Å². The normalized spacial score (nSPS) is 14.3. The maximum Gasteiger partial charge on any atom is 0.309 e. The molecule has 136 valence electrons. The molecule has 0 aliphatic carbocycles. The van der Waals surface area contributed by atoms with Crippen molar-refractivity contribution in [2.75, 3.05) is 13.1 Å². The van der Waals surface area contributed by atoms with Gasteiger partial charge in [0, 0.05) is 18.7 Å². The number of aromatic nitrogens is 1. The predicted octanol–water partition coefficient (Wildman–Crippen LogP) is 4.44. The Morgan fingerprint density at radius 3 is 2.59 bits per heavy atom. The lowest BCUT2D eigenvalue weighted by Crippen LogP contribution is -2.35. The number of oxazole rings is 1. The van der Waals surface area contributed by atoms with Crippen molar-refractivity contribution in [2.45, 2.75) is 26.2 Å². The van der Waals surface area contributed by atoms with Gasteiger partial charge in [-0.15, -0.1) is 0 Å². The minimum Gasteiger partial charge on any atom is -0.429 e. The van der Waals surface area contributed by atoms with E-state index in [1.165, 1.54) is 0 Å². The number of piperidine rings is 1. The van der Waals surface area contributed by atoms with Gasteiger partial charge >= 0.3 is 5.91 Å². The van der Waals surface area contributed by atoms with Crippen LogP contribution in [0.15, 0.2) is 34.7 Å². The van der Waals surface area contributed by atoms with E-state index in [0.717, 1.165) is 19.3 Å². The summed E-state index contributed by atoms with van der Waals surface area (Å²) in [5.74, 6) is -1.11.